The largest absolute Gasteiger partial charge is 0.369 e. The summed E-state index contributed by atoms with van der Waals surface area (Å²) in [7, 11) is -1.04. The fraction of sp³-hybridized carbons (Fsp3) is 0.571. The Morgan fingerprint density at radius 3 is 2.64 bits per heavy atom. The number of pyridine rings is 1. The van der Waals surface area contributed by atoms with Crippen LogP contribution in [0.25, 0.3) is 0 Å². The molecule has 8 heteroatoms. The zero-order chi connectivity index (χ0) is 15.7. The lowest BCUT2D eigenvalue weighted by atomic mass is 10.2. The molecule has 2 N–H and O–H groups in total. The van der Waals surface area contributed by atoms with Crippen LogP contribution in [-0.4, -0.2) is 50.1 Å². The maximum absolute atomic E-state index is 11.6. The van der Waals surface area contributed by atoms with Gasteiger partial charge in [0.15, 0.2) is 9.84 Å². The number of aromatic nitrogens is 1. The number of carbonyl (C=O) groups excluding carboxylic acids is 1. The fourth-order valence-corrected chi connectivity index (χ4v) is 4.30. The lowest BCUT2D eigenvalue weighted by molar-refractivity contribution is 0.251. The Labute approximate surface area is 130 Å². The predicted octanol–water partition coefficient (Wildman–Crippen LogP) is 0.989. The molecule has 3 rings (SSSR count). The Hall–Kier alpha value is -1.83. The van der Waals surface area contributed by atoms with Crippen molar-refractivity contribution < 1.29 is 13.2 Å². The van der Waals surface area contributed by atoms with E-state index in [9.17, 15) is 13.2 Å². The second kappa shape index (κ2) is 5.75. The third kappa shape index (κ3) is 3.68. The van der Waals surface area contributed by atoms with Crippen LogP contribution in [0.4, 0.5) is 16.3 Å². The number of sulfone groups is 1. The number of urea groups is 1. The molecule has 1 unspecified atom stereocenters. The predicted molar refractivity (Wildman–Crippen MR) is 84.9 cm³/mol. The van der Waals surface area contributed by atoms with Crippen molar-refractivity contribution in [1.82, 2.24) is 10.3 Å². The van der Waals surface area contributed by atoms with E-state index in [4.69, 9.17) is 0 Å². The van der Waals surface area contributed by atoms with Gasteiger partial charge in [0.2, 0.25) is 0 Å². The standard InChI is InChI=1S/C14H20N4O3S/c1-18(12-6-7-22(20,21)9-12)11-4-5-13(15-8-11)17-14(19)16-10-2-3-10/h4-5,8,10,12H,2-3,6-7,9H2,1H3,(H2,15,16,17,19). The molecule has 7 nitrogen and oxygen atoms in total. The zero-order valence-electron chi connectivity index (χ0n) is 12.4. The first-order valence-corrected chi connectivity index (χ1v) is 9.22. The third-order valence-electron chi connectivity index (χ3n) is 4.07. The summed E-state index contributed by atoms with van der Waals surface area (Å²) in [4.78, 5) is 17.8. The number of anilines is 2. The summed E-state index contributed by atoms with van der Waals surface area (Å²) in [6.07, 6.45) is 4.37. The van der Waals surface area contributed by atoms with Crippen molar-refractivity contribution in [3.63, 3.8) is 0 Å². The summed E-state index contributed by atoms with van der Waals surface area (Å²) in [5.74, 6) is 0.915. The van der Waals surface area contributed by atoms with E-state index in [1.165, 1.54) is 0 Å². The Morgan fingerprint density at radius 1 is 1.32 bits per heavy atom. The van der Waals surface area contributed by atoms with Gasteiger partial charge in [0, 0.05) is 19.1 Å². The molecular weight excluding hydrogens is 304 g/mol. The van der Waals surface area contributed by atoms with E-state index in [1.807, 2.05) is 18.0 Å². The van der Waals surface area contributed by atoms with Crippen LogP contribution < -0.4 is 15.5 Å². The first-order chi connectivity index (χ1) is 10.4. The molecule has 0 bridgehead atoms. The van der Waals surface area contributed by atoms with Gasteiger partial charge in [-0.1, -0.05) is 0 Å². The van der Waals surface area contributed by atoms with Crippen LogP contribution in [0.2, 0.25) is 0 Å². The number of hydrogen-bond donors (Lipinski definition) is 2. The summed E-state index contributed by atoms with van der Waals surface area (Å²) < 4.78 is 23.1. The molecule has 1 aliphatic carbocycles. The molecule has 120 valence electrons. The van der Waals surface area contributed by atoms with Crippen molar-refractivity contribution in [2.45, 2.75) is 31.3 Å². The first kappa shape index (κ1) is 15.1. The van der Waals surface area contributed by atoms with E-state index < -0.39 is 9.84 Å². The van der Waals surface area contributed by atoms with E-state index in [0.29, 0.717) is 18.3 Å². The van der Waals surface area contributed by atoms with Gasteiger partial charge < -0.3 is 10.2 Å². The lowest BCUT2D eigenvalue weighted by Crippen LogP contribution is -2.33. The van der Waals surface area contributed by atoms with Crippen molar-refractivity contribution >= 4 is 27.4 Å². The van der Waals surface area contributed by atoms with Crippen molar-refractivity contribution in [2.24, 2.45) is 0 Å². The monoisotopic (exact) mass is 324 g/mol. The highest BCUT2D eigenvalue weighted by molar-refractivity contribution is 7.91. The van der Waals surface area contributed by atoms with Gasteiger partial charge in [0.25, 0.3) is 0 Å². The fourth-order valence-electron chi connectivity index (χ4n) is 2.53. The molecule has 1 aliphatic heterocycles. The Morgan fingerprint density at radius 2 is 2.09 bits per heavy atom. The summed E-state index contributed by atoms with van der Waals surface area (Å²) in [5.41, 5.74) is 0.843. The molecule has 2 fully saturated rings. The highest BCUT2D eigenvalue weighted by atomic mass is 32.2. The van der Waals surface area contributed by atoms with Crippen molar-refractivity contribution in [1.29, 1.82) is 0 Å². The minimum atomic E-state index is -2.91. The zero-order valence-corrected chi connectivity index (χ0v) is 13.3. The quantitative estimate of drug-likeness (QED) is 0.862. The summed E-state index contributed by atoms with van der Waals surface area (Å²) in [6, 6.07) is 3.61. The van der Waals surface area contributed by atoms with Gasteiger partial charge >= 0.3 is 6.03 Å². The molecule has 1 aromatic rings. The number of carbonyl (C=O) groups is 1. The lowest BCUT2D eigenvalue weighted by Gasteiger charge is -2.25. The number of amides is 2. The maximum atomic E-state index is 11.6. The van der Waals surface area contributed by atoms with Gasteiger partial charge in [0.05, 0.1) is 23.4 Å². The smallest absolute Gasteiger partial charge is 0.320 e. The van der Waals surface area contributed by atoms with E-state index >= 15 is 0 Å². The Kier molecular flexibility index (Phi) is 3.94. The Bertz CT molecular complexity index is 655. The van der Waals surface area contributed by atoms with E-state index in [1.54, 1.807) is 12.3 Å². The van der Waals surface area contributed by atoms with Crippen LogP contribution in [0, 0.1) is 0 Å². The second-order valence-electron chi connectivity index (χ2n) is 5.94. The van der Waals surface area contributed by atoms with Gasteiger partial charge in [0.1, 0.15) is 5.82 Å². The molecule has 0 radical (unpaired) electrons. The van der Waals surface area contributed by atoms with Crippen LogP contribution in [-0.2, 0) is 9.84 Å². The van der Waals surface area contributed by atoms with Gasteiger partial charge in [-0.2, -0.15) is 0 Å². The third-order valence-corrected chi connectivity index (χ3v) is 5.82. The van der Waals surface area contributed by atoms with Crippen LogP contribution in [0.3, 0.4) is 0 Å². The molecule has 1 saturated carbocycles. The van der Waals surface area contributed by atoms with Crippen molar-refractivity contribution in [3.8, 4) is 0 Å². The van der Waals surface area contributed by atoms with Gasteiger partial charge in [-0.15, -0.1) is 0 Å². The average molecular weight is 324 g/mol. The normalized spacial score (nSPS) is 23.0. The SMILES string of the molecule is CN(c1ccc(NC(=O)NC2CC2)nc1)C1CCS(=O)(=O)C1. The average Bonchev–Trinajstić information content (AvgIpc) is 3.20. The van der Waals surface area contributed by atoms with Crippen molar-refractivity contribution in [2.75, 3.05) is 28.8 Å². The molecule has 2 amide bonds. The maximum Gasteiger partial charge on any atom is 0.320 e. The van der Waals surface area contributed by atoms with Crippen LogP contribution in [0.1, 0.15) is 19.3 Å². The van der Waals surface area contributed by atoms with Gasteiger partial charge in [-0.25, -0.2) is 18.2 Å². The van der Waals surface area contributed by atoms with E-state index in [2.05, 4.69) is 15.6 Å². The van der Waals surface area contributed by atoms with E-state index in [-0.39, 0.29) is 23.6 Å². The van der Waals surface area contributed by atoms with Crippen LogP contribution in [0.15, 0.2) is 18.3 Å². The molecule has 0 spiro atoms. The molecule has 2 aliphatic rings. The minimum Gasteiger partial charge on any atom is -0.369 e. The summed E-state index contributed by atoms with van der Waals surface area (Å²) in [5, 5.41) is 5.51. The molecule has 22 heavy (non-hydrogen) atoms. The molecule has 1 saturated heterocycles. The number of nitrogens with one attached hydrogen (secondary N) is 2. The molecule has 1 aromatic heterocycles. The van der Waals surface area contributed by atoms with Crippen molar-refractivity contribution in [3.05, 3.63) is 18.3 Å². The number of nitrogens with zero attached hydrogens (tertiary/aromatic N) is 2. The van der Waals surface area contributed by atoms with Crippen LogP contribution >= 0.6 is 0 Å². The summed E-state index contributed by atoms with van der Waals surface area (Å²) in [6.45, 7) is 0. The summed E-state index contributed by atoms with van der Waals surface area (Å²) >= 11 is 0. The number of rotatable bonds is 4. The first-order valence-electron chi connectivity index (χ1n) is 7.40. The van der Waals surface area contributed by atoms with Gasteiger partial charge in [-0.3, -0.25) is 5.32 Å². The molecule has 1 atom stereocenters. The molecular formula is C14H20N4O3S. The number of hydrogen-bond acceptors (Lipinski definition) is 5. The topological polar surface area (TPSA) is 91.4 Å². The van der Waals surface area contributed by atoms with E-state index in [0.717, 1.165) is 18.5 Å². The highest BCUT2D eigenvalue weighted by Gasteiger charge is 2.31. The highest BCUT2D eigenvalue weighted by Crippen LogP contribution is 2.23. The minimum absolute atomic E-state index is 0.0104. The second-order valence-corrected chi connectivity index (χ2v) is 8.17. The van der Waals surface area contributed by atoms with Gasteiger partial charge in [-0.05, 0) is 31.4 Å². The molecule has 2 heterocycles. The molecule has 0 aromatic carbocycles. The van der Waals surface area contributed by atoms with Crippen LogP contribution in [0.5, 0.6) is 0 Å². The Balaban J connectivity index is 1.59.